The molecule has 0 spiro atoms. The lowest BCUT2D eigenvalue weighted by atomic mass is 9.67. The van der Waals surface area contributed by atoms with Crippen LogP contribution in [0.2, 0.25) is 0 Å². The number of nitrogens with zero attached hydrogens (tertiary/aromatic N) is 3. The number of aromatic nitrogens is 2. The van der Waals surface area contributed by atoms with Gasteiger partial charge in [0.25, 0.3) is 0 Å². The molecule has 2 aliphatic heterocycles. The second-order valence-corrected chi connectivity index (χ2v) is 10.5. The molecule has 1 aromatic carbocycles. The van der Waals surface area contributed by atoms with Crippen LogP contribution in [0, 0.1) is 5.41 Å². The SMILES string of the molecule is COc1nc(N[C@H]2CCc3c(Br)cccc32)c(C(F)(F)F)nc1CN1CC2(C(=O)O)CCC1CC2. The first kappa shape index (κ1) is 24.3. The van der Waals surface area contributed by atoms with Crippen molar-refractivity contribution in [3.8, 4) is 5.88 Å². The molecule has 4 aliphatic rings. The number of hydrogen-bond acceptors (Lipinski definition) is 6. The lowest BCUT2D eigenvalue weighted by Gasteiger charge is -2.50. The lowest BCUT2D eigenvalue weighted by Crippen LogP contribution is -2.56. The second kappa shape index (κ2) is 8.92. The smallest absolute Gasteiger partial charge is 0.437 e. The van der Waals surface area contributed by atoms with Gasteiger partial charge in [0.05, 0.1) is 18.6 Å². The minimum absolute atomic E-state index is 0.0128. The number of methoxy groups -OCH3 is 1. The van der Waals surface area contributed by atoms with E-state index in [0.717, 1.165) is 22.0 Å². The third-order valence-electron chi connectivity index (χ3n) is 7.66. The molecule has 35 heavy (non-hydrogen) atoms. The molecule has 7 nitrogen and oxygen atoms in total. The number of rotatable bonds is 6. The van der Waals surface area contributed by atoms with E-state index >= 15 is 0 Å². The molecule has 0 unspecified atom stereocenters. The van der Waals surface area contributed by atoms with Crippen LogP contribution in [-0.4, -0.2) is 45.6 Å². The van der Waals surface area contributed by atoms with Gasteiger partial charge < -0.3 is 15.2 Å². The quantitative estimate of drug-likeness (QED) is 0.507. The predicted octanol–water partition coefficient (Wildman–Crippen LogP) is 5.20. The van der Waals surface area contributed by atoms with Crippen molar-refractivity contribution in [1.29, 1.82) is 0 Å². The maximum Gasteiger partial charge on any atom is 0.437 e. The topological polar surface area (TPSA) is 87.6 Å². The van der Waals surface area contributed by atoms with E-state index in [1.165, 1.54) is 7.11 Å². The number of ether oxygens (including phenoxy) is 1. The maximum atomic E-state index is 14.1. The van der Waals surface area contributed by atoms with Gasteiger partial charge in [-0.25, -0.2) is 4.98 Å². The number of nitrogens with one attached hydrogen (secondary N) is 1. The number of anilines is 1. The van der Waals surface area contributed by atoms with Crippen LogP contribution in [0.25, 0.3) is 0 Å². The zero-order chi connectivity index (χ0) is 25.0. The third kappa shape index (κ3) is 4.37. The van der Waals surface area contributed by atoms with Crippen molar-refractivity contribution in [2.45, 2.75) is 63.3 Å². The number of aliphatic carboxylic acids is 1. The average molecular weight is 555 g/mol. The summed E-state index contributed by atoms with van der Waals surface area (Å²) in [5.74, 6) is -1.20. The largest absolute Gasteiger partial charge is 0.481 e. The van der Waals surface area contributed by atoms with Crippen molar-refractivity contribution in [2.24, 2.45) is 5.41 Å². The first-order valence-corrected chi connectivity index (χ1v) is 12.4. The molecule has 3 fully saturated rings. The van der Waals surface area contributed by atoms with E-state index < -0.39 is 23.3 Å². The molecule has 188 valence electrons. The molecule has 2 saturated heterocycles. The minimum atomic E-state index is -4.72. The Morgan fingerprint density at radius 3 is 2.69 bits per heavy atom. The zero-order valence-corrected chi connectivity index (χ0v) is 20.7. The van der Waals surface area contributed by atoms with Gasteiger partial charge in [-0.05, 0) is 55.7 Å². The van der Waals surface area contributed by atoms with Gasteiger partial charge in [0.1, 0.15) is 5.69 Å². The Hall–Kier alpha value is -2.40. The Morgan fingerprint density at radius 2 is 2.03 bits per heavy atom. The monoisotopic (exact) mass is 554 g/mol. The highest BCUT2D eigenvalue weighted by Crippen LogP contribution is 2.46. The van der Waals surface area contributed by atoms with E-state index in [1.807, 2.05) is 23.1 Å². The highest BCUT2D eigenvalue weighted by Gasteiger charge is 2.50. The fraction of sp³-hybridized carbons (Fsp3) is 0.542. The fourth-order valence-corrected chi connectivity index (χ4v) is 6.38. The van der Waals surface area contributed by atoms with Gasteiger partial charge in [0, 0.05) is 23.6 Å². The summed E-state index contributed by atoms with van der Waals surface area (Å²) in [5.41, 5.74) is 0.122. The maximum absolute atomic E-state index is 14.1. The van der Waals surface area contributed by atoms with Crippen LogP contribution < -0.4 is 10.1 Å². The van der Waals surface area contributed by atoms with Crippen LogP contribution in [0.1, 0.15) is 60.7 Å². The Balaban J connectivity index is 1.46. The minimum Gasteiger partial charge on any atom is -0.481 e. The normalized spacial score (nSPS) is 26.0. The van der Waals surface area contributed by atoms with E-state index in [9.17, 15) is 23.1 Å². The number of piperidine rings is 2. The summed E-state index contributed by atoms with van der Waals surface area (Å²) >= 11 is 3.52. The van der Waals surface area contributed by atoms with Crippen LogP contribution in [0.3, 0.4) is 0 Å². The van der Waals surface area contributed by atoms with Crippen molar-refractivity contribution >= 4 is 27.7 Å². The molecule has 1 aromatic heterocycles. The van der Waals surface area contributed by atoms with E-state index in [2.05, 4.69) is 31.2 Å². The van der Waals surface area contributed by atoms with E-state index in [1.54, 1.807) is 0 Å². The molecule has 6 rings (SSSR count). The lowest BCUT2D eigenvalue weighted by molar-refractivity contribution is -0.160. The number of alkyl halides is 3. The van der Waals surface area contributed by atoms with Crippen LogP contribution >= 0.6 is 15.9 Å². The summed E-state index contributed by atoms with van der Waals surface area (Å²) < 4.78 is 48.6. The molecule has 3 heterocycles. The highest BCUT2D eigenvalue weighted by molar-refractivity contribution is 9.10. The van der Waals surface area contributed by atoms with Gasteiger partial charge in [-0.3, -0.25) is 9.69 Å². The van der Waals surface area contributed by atoms with Crippen molar-refractivity contribution in [1.82, 2.24) is 14.9 Å². The average Bonchev–Trinajstić information content (AvgIpc) is 3.24. The molecule has 2 aromatic rings. The fourth-order valence-electron chi connectivity index (χ4n) is 5.80. The second-order valence-electron chi connectivity index (χ2n) is 9.64. The summed E-state index contributed by atoms with van der Waals surface area (Å²) in [5, 5.41) is 12.7. The third-order valence-corrected chi connectivity index (χ3v) is 8.40. The predicted molar refractivity (Wildman–Crippen MR) is 125 cm³/mol. The standard InChI is InChI=1S/C24H26BrF3N4O3/c1-35-21-18(11-32-12-23(22(33)34)9-7-13(32)8-10-23)29-19(24(26,27)28)20(31-21)30-17-6-5-14-15(17)3-2-4-16(14)25/h2-4,13,17H,5-12H2,1H3,(H,30,31)(H,33,34)/t13?,17-,23?/m0/s1. The van der Waals surface area contributed by atoms with Crippen LogP contribution in [-0.2, 0) is 23.9 Å². The number of hydrogen-bond donors (Lipinski definition) is 2. The first-order valence-electron chi connectivity index (χ1n) is 11.6. The summed E-state index contributed by atoms with van der Waals surface area (Å²) in [4.78, 5) is 22.1. The first-order chi connectivity index (χ1) is 16.6. The summed E-state index contributed by atoms with van der Waals surface area (Å²) in [6.45, 7) is 0.339. The van der Waals surface area contributed by atoms with Crippen molar-refractivity contribution < 1.29 is 27.8 Å². The summed E-state index contributed by atoms with van der Waals surface area (Å²) in [6, 6.07) is 5.46. The molecule has 1 atom stereocenters. The molecular formula is C24H26BrF3N4O3. The van der Waals surface area contributed by atoms with Gasteiger partial charge in [0.2, 0.25) is 5.88 Å². The number of carbonyl (C=O) groups is 1. The number of benzene rings is 1. The Morgan fingerprint density at radius 1 is 1.29 bits per heavy atom. The van der Waals surface area contributed by atoms with Crippen molar-refractivity contribution in [3.05, 3.63) is 45.2 Å². The van der Waals surface area contributed by atoms with E-state index in [0.29, 0.717) is 32.1 Å². The number of carboxylic acid groups (broad SMARTS) is 1. The van der Waals surface area contributed by atoms with Crippen molar-refractivity contribution in [2.75, 3.05) is 19.0 Å². The molecule has 0 amide bonds. The van der Waals surface area contributed by atoms with E-state index in [4.69, 9.17) is 4.74 Å². The molecule has 2 N–H and O–H groups in total. The molecule has 2 bridgehead atoms. The number of halogens is 4. The van der Waals surface area contributed by atoms with Crippen LogP contribution in [0.5, 0.6) is 5.88 Å². The van der Waals surface area contributed by atoms with Crippen molar-refractivity contribution in [3.63, 3.8) is 0 Å². The van der Waals surface area contributed by atoms with Gasteiger partial charge >= 0.3 is 12.1 Å². The van der Waals surface area contributed by atoms with Crippen LogP contribution in [0.15, 0.2) is 22.7 Å². The van der Waals surface area contributed by atoms with Gasteiger partial charge in [-0.15, -0.1) is 0 Å². The molecule has 1 saturated carbocycles. The molecule has 11 heteroatoms. The highest BCUT2D eigenvalue weighted by atomic mass is 79.9. The molecular weight excluding hydrogens is 529 g/mol. The zero-order valence-electron chi connectivity index (χ0n) is 19.2. The van der Waals surface area contributed by atoms with Gasteiger partial charge in [-0.1, -0.05) is 28.1 Å². The Kier molecular flexibility index (Phi) is 6.19. The van der Waals surface area contributed by atoms with Gasteiger partial charge in [0.15, 0.2) is 11.5 Å². The molecule has 0 radical (unpaired) electrons. The van der Waals surface area contributed by atoms with Crippen LogP contribution in [0.4, 0.5) is 19.0 Å². The number of carboxylic acids is 1. The Labute approximate surface area is 209 Å². The number of fused-ring (bicyclic) bond motifs is 4. The van der Waals surface area contributed by atoms with E-state index in [-0.39, 0.29) is 42.6 Å². The Bertz CT molecular complexity index is 1150. The summed E-state index contributed by atoms with van der Waals surface area (Å²) in [6.07, 6.45) is -0.787. The summed E-state index contributed by atoms with van der Waals surface area (Å²) in [7, 11) is 1.35. The molecule has 2 aliphatic carbocycles. The van der Waals surface area contributed by atoms with Gasteiger partial charge in [-0.2, -0.15) is 18.2 Å².